The van der Waals surface area contributed by atoms with Gasteiger partial charge in [0.1, 0.15) is 11.6 Å². The van der Waals surface area contributed by atoms with E-state index in [1.807, 2.05) is 6.07 Å². The van der Waals surface area contributed by atoms with E-state index in [-0.39, 0.29) is 6.03 Å². The molecular weight excluding hydrogens is 280 g/mol. The van der Waals surface area contributed by atoms with Crippen LogP contribution >= 0.6 is 11.6 Å². The number of rotatable bonds is 2. The van der Waals surface area contributed by atoms with Gasteiger partial charge in [-0.1, -0.05) is 11.6 Å². The molecule has 0 atom stereocenters. The number of anilines is 2. The molecule has 0 aromatic carbocycles. The molecule has 0 bridgehead atoms. The molecule has 3 rings (SSSR count). The molecule has 2 aliphatic rings. The number of hydrogen-bond acceptors (Lipinski definition) is 4. The second-order valence-corrected chi connectivity index (χ2v) is 5.39. The smallest absolute Gasteiger partial charge is 0.325 e. The number of pyridine rings is 1. The molecule has 0 saturated carbocycles. The third-order valence-corrected chi connectivity index (χ3v) is 3.81. The van der Waals surface area contributed by atoms with Crippen LogP contribution in [-0.4, -0.2) is 62.4 Å². The SMILES string of the molecule is CN1CCN(c2cc(Cl)cc(N3CCOCC3)n2)C1=O. The van der Waals surface area contributed by atoms with Crippen LogP contribution in [0.15, 0.2) is 12.1 Å². The maximum atomic E-state index is 12.0. The number of carbonyl (C=O) groups excluding carboxylic acids is 1. The molecule has 20 heavy (non-hydrogen) atoms. The Hall–Kier alpha value is -1.53. The fourth-order valence-electron chi connectivity index (χ4n) is 2.42. The summed E-state index contributed by atoms with van der Waals surface area (Å²) < 4.78 is 5.34. The van der Waals surface area contributed by atoms with Gasteiger partial charge in [-0.25, -0.2) is 9.78 Å². The molecule has 1 aromatic rings. The van der Waals surface area contributed by atoms with Crippen molar-refractivity contribution < 1.29 is 9.53 Å². The first-order valence-electron chi connectivity index (χ1n) is 6.68. The van der Waals surface area contributed by atoms with E-state index < -0.39 is 0 Å². The van der Waals surface area contributed by atoms with Gasteiger partial charge in [-0.15, -0.1) is 0 Å². The molecule has 0 aliphatic carbocycles. The number of carbonyl (C=O) groups is 1. The molecule has 2 saturated heterocycles. The highest BCUT2D eigenvalue weighted by atomic mass is 35.5. The molecule has 2 aliphatic heterocycles. The van der Waals surface area contributed by atoms with Crippen molar-refractivity contribution in [1.82, 2.24) is 9.88 Å². The van der Waals surface area contributed by atoms with Crippen LogP contribution in [0.2, 0.25) is 5.02 Å². The normalized spacial score (nSPS) is 19.9. The zero-order chi connectivity index (χ0) is 14.1. The molecule has 7 heteroatoms. The molecule has 108 valence electrons. The number of hydrogen-bond donors (Lipinski definition) is 0. The average molecular weight is 297 g/mol. The minimum absolute atomic E-state index is 0.0345. The van der Waals surface area contributed by atoms with Gasteiger partial charge in [-0.3, -0.25) is 4.90 Å². The van der Waals surface area contributed by atoms with Crippen molar-refractivity contribution in [3.8, 4) is 0 Å². The van der Waals surface area contributed by atoms with Gasteiger partial charge < -0.3 is 14.5 Å². The van der Waals surface area contributed by atoms with Crippen molar-refractivity contribution in [2.45, 2.75) is 0 Å². The van der Waals surface area contributed by atoms with Crippen molar-refractivity contribution >= 4 is 29.3 Å². The Labute approximate surface area is 122 Å². The number of urea groups is 1. The van der Waals surface area contributed by atoms with Crippen LogP contribution < -0.4 is 9.80 Å². The number of likely N-dealkylation sites (N-methyl/N-ethyl adjacent to an activating group) is 1. The fourth-order valence-corrected chi connectivity index (χ4v) is 2.62. The minimum atomic E-state index is -0.0345. The van der Waals surface area contributed by atoms with Gasteiger partial charge in [0.25, 0.3) is 0 Å². The van der Waals surface area contributed by atoms with E-state index >= 15 is 0 Å². The number of ether oxygens (including phenoxy) is 1. The number of morpholine rings is 1. The number of nitrogens with zero attached hydrogens (tertiary/aromatic N) is 4. The Morgan fingerprint density at radius 2 is 1.85 bits per heavy atom. The Kier molecular flexibility index (Phi) is 3.67. The van der Waals surface area contributed by atoms with Gasteiger partial charge in [-0.2, -0.15) is 0 Å². The Morgan fingerprint density at radius 3 is 2.50 bits per heavy atom. The maximum absolute atomic E-state index is 12.0. The van der Waals surface area contributed by atoms with E-state index in [1.165, 1.54) is 0 Å². The van der Waals surface area contributed by atoms with Gasteiger partial charge in [-0.05, 0) is 12.1 Å². The molecule has 0 unspecified atom stereocenters. The second-order valence-electron chi connectivity index (χ2n) is 4.96. The highest BCUT2D eigenvalue weighted by Gasteiger charge is 2.28. The van der Waals surface area contributed by atoms with E-state index in [1.54, 1.807) is 22.9 Å². The summed E-state index contributed by atoms with van der Waals surface area (Å²) in [6.45, 7) is 4.32. The standard InChI is InChI=1S/C13H17ClN4O2/c1-16-2-3-18(13(16)19)12-9-10(14)8-11(15-12)17-4-6-20-7-5-17/h8-9H,2-7H2,1H3. The van der Waals surface area contributed by atoms with E-state index in [0.29, 0.717) is 37.1 Å². The lowest BCUT2D eigenvalue weighted by Crippen LogP contribution is -2.37. The van der Waals surface area contributed by atoms with Crippen LogP contribution in [0.25, 0.3) is 0 Å². The third-order valence-electron chi connectivity index (χ3n) is 3.59. The molecule has 6 nitrogen and oxygen atoms in total. The van der Waals surface area contributed by atoms with Crippen molar-refractivity contribution in [3.05, 3.63) is 17.2 Å². The second kappa shape index (κ2) is 5.46. The molecule has 2 fully saturated rings. The Morgan fingerprint density at radius 1 is 1.15 bits per heavy atom. The van der Waals surface area contributed by atoms with Crippen molar-refractivity contribution in [3.63, 3.8) is 0 Å². The fraction of sp³-hybridized carbons (Fsp3) is 0.538. The summed E-state index contributed by atoms with van der Waals surface area (Å²) in [5.74, 6) is 1.42. The average Bonchev–Trinajstić information content (AvgIpc) is 2.79. The topological polar surface area (TPSA) is 48.9 Å². The summed E-state index contributed by atoms with van der Waals surface area (Å²) in [7, 11) is 1.79. The Balaban J connectivity index is 1.88. The van der Waals surface area contributed by atoms with Crippen LogP contribution in [0.1, 0.15) is 0 Å². The van der Waals surface area contributed by atoms with Crippen molar-refractivity contribution in [2.75, 3.05) is 56.2 Å². The number of aromatic nitrogens is 1. The summed E-state index contributed by atoms with van der Waals surface area (Å²) >= 11 is 6.18. The summed E-state index contributed by atoms with van der Waals surface area (Å²) in [5.41, 5.74) is 0. The predicted octanol–water partition coefficient (Wildman–Crippen LogP) is 1.44. The summed E-state index contributed by atoms with van der Waals surface area (Å²) in [6, 6.07) is 3.54. The van der Waals surface area contributed by atoms with E-state index in [4.69, 9.17) is 16.3 Å². The third kappa shape index (κ3) is 2.53. The number of amides is 2. The first-order chi connectivity index (χ1) is 9.65. The van der Waals surface area contributed by atoms with E-state index in [0.717, 1.165) is 18.9 Å². The minimum Gasteiger partial charge on any atom is -0.378 e. The molecular formula is C13H17ClN4O2. The van der Waals surface area contributed by atoms with E-state index in [2.05, 4.69) is 9.88 Å². The van der Waals surface area contributed by atoms with Crippen LogP contribution in [-0.2, 0) is 4.74 Å². The molecule has 1 aromatic heterocycles. The highest BCUT2D eigenvalue weighted by Crippen LogP contribution is 2.26. The molecule has 2 amide bonds. The first-order valence-corrected chi connectivity index (χ1v) is 7.06. The molecule has 0 spiro atoms. The monoisotopic (exact) mass is 296 g/mol. The van der Waals surface area contributed by atoms with Crippen LogP contribution in [0, 0.1) is 0 Å². The van der Waals surface area contributed by atoms with Gasteiger partial charge in [0.05, 0.1) is 13.2 Å². The van der Waals surface area contributed by atoms with Gasteiger partial charge in [0.15, 0.2) is 0 Å². The summed E-state index contributed by atoms with van der Waals surface area (Å²) in [6.07, 6.45) is 0. The predicted molar refractivity (Wildman–Crippen MR) is 77.7 cm³/mol. The lowest BCUT2D eigenvalue weighted by molar-refractivity contribution is 0.122. The summed E-state index contributed by atoms with van der Waals surface area (Å²) in [4.78, 5) is 22.1. The number of halogens is 1. The zero-order valence-electron chi connectivity index (χ0n) is 11.4. The lowest BCUT2D eigenvalue weighted by atomic mass is 10.3. The summed E-state index contributed by atoms with van der Waals surface area (Å²) in [5, 5.41) is 0.596. The van der Waals surface area contributed by atoms with Gasteiger partial charge >= 0.3 is 6.03 Å². The van der Waals surface area contributed by atoms with Crippen molar-refractivity contribution in [1.29, 1.82) is 0 Å². The molecule has 3 heterocycles. The zero-order valence-corrected chi connectivity index (χ0v) is 12.1. The van der Waals surface area contributed by atoms with E-state index in [9.17, 15) is 4.79 Å². The maximum Gasteiger partial charge on any atom is 0.325 e. The largest absolute Gasteiger partial charge is 0.378 e. The Bertz CT molecular complexity index is 519. The van der Waals surface area contributed by atoms with Crippen LogP contribution in [0.5, 0.6) is 0 Å². The quantitative estimate of drug-likeness (QED) is 0.829. The highest BCUT2D eigenvalue weighted by molar-refractivity contribution is 6.31. The van der Waals surface area contributed by atoms with Gasteiger partial charge in [0.2, 0.25) is 0 Å². The first kappa shape index (κ1) is 13.5. The molecule has 0 radical (unpaired) electrons. The molecule has 0 N–H and O–H groups in total. The lowest BCUT2D eigenvalue weighted by Gasteiger charge is -2.28. The van der Waals surface area contributed by atoms with Crippen LogP contribution in [0.4, 0.5) is 16.4 Å². The van der Waals surface area contributed by atoms with Crippen molar-refractivity contribution in [2.24, 2.45) is 0 Å². The van der Waals surface area contributed by atoms with Crippen LogP contribution in [0.3, 0.4) is 0 Å². The van der Waals surface area contributed by atoms with Gasteiger partial charge in [0, 0.05) is 38.2 Å².